The number of carboxylic acid groups (broad SMARTS) is 1. The van der Waals surface area contributed by atoms with Gasteiger partial charge in [0.2, 0.25) is 0 Å². The van der Waals surface area contributed by atoms with Gasteiger partial charge < -0.3 is 20.1 Å². The summed E-state index contributed by atoms with van der Waals surface area (Å²) in [6.45, 7) is 1.50. The van der Waals surface area contributed by atoms with Crippen LogP contribution in [-0.2, 0) is 4.79 Å². The molecule has 7 heteroatoms. The number of nitrogens with zero attached hydrogens (tertiary/aromatic N) is 1. The zero-order chi connectivity index (χ0) is 15.6. The van der Waals surface area contributed by atoms with E-state index in [4.69, 9.17) is 21.4 Å². The Kier molecular flexibility index (Phi) is 4.57. The highest BCUT2D eigenvalue weighted by atomic mass is 35.5. The van der Waals surface area contributed by atoms with Crippen molar-refractivity contribution in [3.05, 3.63) is 22.7 Å². The summed E-state index contributed by atoms with van der Waals surface area (Å²) in [6.07, 6.45) is 1.66. The second-order valence-electron chi connectivity index (χ2n) is 4.98. The van der Waals surface area contributed by atoms with Crippen molar-refractivity contribution in [2.24, 2.45) is 0 Å². The molecule has 0 spiro atoms. The van der Waals surface area contributed by atoms with E-state index in [-0.39, 0.29) is 12.6 Å². The minimum Gasteiger partial charge on any atom is -0.495 e. The topological polar surface area (TPSA) is 78.9 Å². The van der Waals surface area contributed by atoms with Gasteiger partial charge in [0, 0.05) is 17.1 Å². The summed E-state index contributed by atoms with van der Waals surface area (Å²) < 4.78 is 5.18. The number of nitrogens with one attached hydrogen (secondary N) is 1. The Morgan fingerprint density at radius 2 is 2.14 bits per heavy atom. The highest BCUT2D eigenvalue weighted by Crippen LogP contribution is 2.32. The van der Waals surface area contributed by atoms with Crippen LogP contribution in [-0.4, -0.2) is 41.7 Å². The standard InChI is InChI=1S/C14H17ClN2O4/c1-8-5-11(12(21-2)6-10(8)15)16-14(20)17(7-13(18)19)9-3-4-9/h5-6,9H,3-4,7H2,1-2H3,(H,16,20)(H,18,19). The molecule has 0 aromatic heterocycles. The molecule has 2 N–H and O–H groups in total. The number of urea groups is 1. The summed E-state index contributed by atoms with van der Waals surface area (Å²) in [7, 11) is 1.48. The first kappa shape index (κ1) is 15.4. The fraction of sp³-hybridized carbons (Fsp3) is 0.429. The maximum Gasteiger partial charge on any atom is 0.323 e. The molecule has 1 aliphatic rings. The van der Waals surface area contributed by atoms with Gasteiger partial charge in [-0.1, -0.05) is 11.6 Å². The molecule has 1 fully saturated rings. The van der Waals surface area contributed by atoms with E-state index in [9.17, 15) is 9.59 Å². The fourth-order valence-corrected chi connectivity index (χ4v) is 2.17. The van der Waals surface area contributed by atoms with Crippen LogP contribution < -0.4 is 10.1 Å². The van der Waals surface area contributed by atoms with Crippen molar-refractivity contribution in [2.45, 2.75) is 25.8 Å². The van der Waals surface area contributed by atoms with Crippen LogP contribution in [0.2, 0.25) is 5.02 Å². The first-order valence-electron chi connectivity index (χ1n) is 6.56. The van der Waals surface area contributed by atoms with Crippen LogP contribution >= 0.6 is 11.6 Å². The van der Waals surface area contributed by atoms with Gasteiger partial charge in [-0.2, -0.15) is 0 Å². The predicted octanol–water partition coefficient (Wildman–Crippen LogP) is 2.74. The summed E-state index contributed by atoms with van der Waals surface area (Å²) in [6, 6.07) is 2.87. The summed E-state index contributed by atoms with van der Waals surface area (Å²) in [4.78, 5) is 24.4. The number of benzene rings is 1. The maximum atomic E-state index is 12.3. The number of methoxy groups -OCH3 is 1. The van der Waals surface area contributed by atoms with E-state index in [1.807, 2.05) is 6.92 Å². The second-order valence-corrected chi connectivity index (χ2v) is 5.39. The van der Waals surface area contributed by atoms with E-state index in [0.717, 1.165) is 18.4 Å². The molecule has 114 valence electrons. The van der Waals surface area contributed by atoms with Crippen molar-refractivity contribution in [3.63, 3.8) is 0 Å². The molecule has 0 radical (unpaired) electrons. The van der Waals surface area contributed by atoms with Gasteiger partial charge in [-0.3, -0.25) is 4.79 Å². The Morgan fingerprint density at radius 3 is 2.67 bits per heavy atom. The minimum atomic E-state index is -1.03. The van der Waals surface area contributed by atoms with Crippen LogP contribution in [0, 0.1) is 6.92 Å². The molecule has 0 atom stereocenters. The number of carboxylic acids is 1. The number of ether oxygens (including phenoxy) is 1. The largest absolute Gasteiger partial charge is 0.495 e. The molecular formula is C14H17ClN2O4. The number of carbonyl (C=O) groups is 2. The predicted molar refractivity (Wildman–Crippen MR) is 79.1 cm³/mol. The van der Waals surface area contributed by atoms with Crippen molar-refractivity contribution in [2.75, 3.05) is 19.0 Å². The number of aryl methyl sites for hydroxylation is 1. The molecule has 0 heterocycles. The van der Waals surface area contributed by atoms with E-state index in [2.05, 4.69) is 5.32 Å². The Morgan fingerprint density at radius 1 is 1.48 bits per heavy atom. The van der Waals surface area contributed by atoms with Gasteiger partial charge in [0.15, 0.2) is 0 Å². The van der Waals surface area contributed by atoms with Crippen molar-refractivity contribution in [1.29, 1.82) is 0 Å². The molecule has 2 rings (SSSR count). The number of rotatable bonds is 5. The van der Waals surface area contributed by atoms with Crippen LogP contribution in [0.3, 0.4) is 0 Å². The Hall–Kier alpha value is -1.95. The molecule has 0 saturated heterocycles. The van der Waals surface area contributed by atoms with Gasteiger partial charge in [-0.15, -0.1) is 0 Å². The number of hydrogen-bond donors (Lipinski definition) is 2. The van der Waals surface area contributed by atoms with Crippen LogP contribution in [0.15, 0.2) is 12.1 Å². The first-order valence-corrected chi connectivity index (χ1v) is 6.93. The van der Waals surface area contributed by atoms with Gasteiger partial charge in [0.25, 0.3) is 0 Å². The molecule has 1 aliphatic carbocycles. The summed E-state index contributed by atoms with van der Waals surface area (Å²) in [5.41, 5.74) is 1.27. The summed E-state index contributed by atoms with van der Waals surface area (Å²) in [5.74, 6) is -0.596. The van der Waals surface area contributed by atoms with Crippen molar-refractivity contribution >= 4 is 29.3 Å². The molecule has 1 aromatic rings. The van der Waals surface area contributed by atoms with Crippen LogP contribution in [0.4, 0.5) is 10.5 Å². The fourth-order valence-electron chi connectivity index (χ4n) is 2.02. The number of carbonyl (C=O) groups excluding carboxylic acids is 1. The average Bonchev–Trinajstić information content (AvgIpc) is 3.24. The molecule has 0 bridgehead atoms. The van der Waals surface area contributed by atoms with Crippen LogP contribution in [0.25, 0.3) is 0 Å². The quantitative estimate of drug-likeness (QED) is 0.876. The molecular weight excluding hydrogens is 296 g/mol. The second kappa shape index (κ2) is 6.22. The number of halogens is 1. The van der Waals surface area contributed by atoms with E-state index >= 15 is 0 Å². The Balaban J connectivity index is 2.17. The lowest BCUT2D eigenvalue weighted by atomic mass is 10.2. The molecule has 0 aliphatic heterocycles. The number of hydrogen-bond acceptors (Lipinski definition) is 3. The highest BCUT2D eigenvalue weighted by Gasteiger charge is 2.34. The van der Waals surface area contributed by atoms with Gasteiger partial charge in [-0.25, -0.2) is 4.79 Å². The zero-order valence-electron chi connectivity index (χ0n) is 11.9. The van der Waals surface area contributed by atoms with E-state index in [0.29, 0.717) is 16.5 Å². The normalized spacial score (nSPS) is 13.7. The van der Waals surface area contributed by atoms with Crippen molar-refractivity contribution in [1.82, 2.24) is 4.90 Å². The number of amides is 2. The third-order valence-corrected chi connectivity index (χ3v) is 3.68. The lowest BCUT2D eigenvalue weighted by Gasteiger charge is -2.21. The smallest absolute Gasteiger partial charge is 0.323 e. The van der Waals surface area contributed by atoms with Gasteiger partial charge in [-0.05, 0) is 31.4 Å². The minimum absolute atomic E-state index is 0.000456. The zero-order valence-corrected chi connectivity index (χ0v) is 12.6. The number of aliphatic carboxylic acids is 1. The third kappa shape index (κ3) is 3.78. The van der Waals surface area contributed by atoms with Gasteiger partial charge in [0.1, 0.15) is 12.3 Å². The monoisotopic (exact) mass is 312 g/mol. The maximum absolute atomic E-state index is 12.3. The van der Waals surface area contributed by atoms with E-state index in [1.54, 1.807) is 12.1 Å². The van der Waals surface area contributed by atoms with Crippen molar-refractivity contribution in [3.8, 4) is 5.75 Å². The molecule has 1 saturated carbocycles. The summed E-state index contributed by atoms with van der Waals surface area (Å²) in [5, 5.41) is 12.1. The highest BCUT2D eigenvalue weighted by molar-refractivity contribution is 6.31. The Labute approximate surface area is 127 Å². The van der Waals surface area contributed by atoms with Crippen LogP contribution in [0.1, 0.15) is 18.4 Å². The van der Waals surface area contributed by atoms with E-state index in [1.165, 1.54) is 12.0 Å². The average molecular weight is 313 g/mol. The molecule has 1 aromatic carbocycles. The third-order valence-electron chi connectivity index (χ3n) is 3.28. The first-order chi connectivity index (χ1) is 9.92. The molecule has 21 heavy (non-hydrogen) atoms. The van der Waals surface area contributed by atoms with Crippen molar-refractivity contribution < 1.29 is 19.4 Å². The lowest BCUT2D eigenvalue weighted by molar-refractivity contribution is -0.137. The van der Waals surface area contributed by atoms with Crippen LogP contribution in [0.5, 0.6) is 5.75 Å². The van der Waals surface area contributed by atoms with E-state index < -0.39 is 12.0 Å². The summed E-state index contributed by atoms with van der Waals surface area (Å²) >= 11 is 6.01. The molecule has 0 unspecified atom stereocenters. The Bertz CT molecular complexity index is 572. The lowest BCUT2D eigenvalue weighted by Crippen LogP contribution is -2.40. The molecule has 2 amide bonds. The van der Waals surface area contributed by atoms with Gasteiger partial charge >= 0.3 is 12.0 Å². The number of anilines is 1. The SMILES string of the molecule is COc1cc(Cl)c(C)cc1NC(=O)N(CC(=O)O)C1CC1. The molecule has 6 nitrogen and oxygen atoms in total. The van der Waals surface area contributed by atoms with Gasteiger partial charge in [0.05, 0.1) is 12.8 Å².